The summed E-state index contributed by atoms with van der Waals surface area (Å²) in [6.07, 6.45) is 0. The molecule has 0 unspecified atom stereocenters. The van der Waals surface area contributed by atoms with E-state index in [0.717, 1.165) is 0 Å². The summed E-state index contributed by atoms with van der Waals surface area (Å²) in [5.74, 6) is 2.04. The van der Waals surface area contributed by atoms with Crippen molar-refractivity contribution < 1.29 is 36.2 Å². The molecule has 0 N–H and O–H groups in total. The topological polar surface area (TPSA) is 60.0 Å². The van der Waals surface area contributed by atoms with E-state index in [-0.39, 0.29) is 35.5 Å². The number of para-hydroxylation sites is 2. The van der Waals surface area contributed by atoms with E-state index in [1.165, 1.54) is 14.2 Å². The van der Waals surface area contributed by atoms with E-state index in [0.29, 0.717) is 33.4 Å². The van der Waals surface area contributed by atoms with Gasteiger partial charge in [-0.15, -0.1) is 0 Å². The molecule has 0 saturated heterocycles. The Bertz CT molecular complexity index is 639. The van der Waals surface area contributed by atoms with Gasteiger partial charge in [0.25, 0.3) is 0 Å². The van der Waals surface area contributed by atoms with Gasteiger partial charge in [0.15, 0.2) is 23.0 Å². The first-order valence-corrected chi connectivity index (χ1v) is 9.55. The van der Waals surface area contributed by atoms with Crippen molar-refractivity contribution in [3.8, 4) is 23.0 Å². The predicted octanol–water partition coefficient (Wildman–Crippen LogP) is -2.61. The molecule has 0 saturated carbocycles. The summed E-state index contributed by atoms with van der Waals surface area (Å²) in [4.78, 5) is 13.7. The number of rotatable bonds is 6. The Morgan fingerprint density at radius 2 is 1.08 bits per heavy atom. The average Bonchev–Trinajstić information content (AvgIpc) is 2.59. The molecular weight excluding hydrogens is 372 g/mol. The van der Waals surface area contributed by atoms with Crippen LogP contribution >= 0.6 is 0 Å². The fraction of sp³-hybridized carbons (Fsp3) is 0.294. The summed E-state index contributed by atoms with van der Waals surface area (Å²) >= 11 is 0. The number of hydrogen-bond donors (Lipinski definition) is 0. The Labute approximate surface area is 171 Å². The van der Waals surface area contributed by atoms with Crippen LogP contribution in [0.5, 0.6) is 23.0 Å². The molecule has 0 aliphatic heterocycles. The van der Waals surface area contributed by atoms with E-state index in [4.69, 9.17) is 18.9 Å². The van der Waals surface area contributed by atoms with Crippen LogP contribution in [0.3, 0.4) is 0 Å². The molecule has 25 heavy (non-hydrogen) atoms. The Balaban J connectivity index is 0.00000288. The van der Waals surface area contributed by atoms with Crippen LogP contribution < -0.4 is 46.5 Å². The van der Waals surface area contributed by atoms with Gasteiger partial charge in [-0.1, -0.05) is 30.8 Å². The molecular formula is C17H21ClMgO5Si. The molecule has 132 valence electrons. The normalized spacial score (nSPS) is 10.2. The zero-order valence-electron chi connectivity index (χ0n) is 15.1. The minimum atomic E-state index is -3.34. The maximum Gasteiger partial charge on any atom is 2.00 e. The minimum Gasteiger partial charge on any atom is -1.00 e. The van der Waals surface area contributed by atoms with Crippen LogP contribution in [0.2, 0.25) is 6.55 Å². The van der Waals surface area contributed by atoms with Gasteiger partial charge in [0.1, 0.15) is 0 Å². The van der Waals surface area contributed by atoms with Gasteiger partial charge in [-0.05, 0) is 22.5 Å². The Morgan fingerprint density at radius 3 is 1.36 bits per heavy atom. The summed E-state index contributed by atoms with van der Waals surface area (Å²) < 4.78 is 21.5. The van der Waals surface area contributed by atoms with Crippen LogP contribution in [0.15, 0.2) is 36.4 Å². The second-order valence-electron chi connectivity index (χ2n) is 5.12. The van der Waals surface area contributed by atoms with Gasteiger partial charge in [0.2, 0.25) is 0 Å². The quantitative estimate of drug-likeness (QED) is 0.504. The first kappa shape index (κ1) is 23.9. The van der Waals surface area contributed by atoms with Gasteiger partial charge in [-0.2, -0.15) is 0 Å². The van der Waals surface area contributed by atoms with Crippen molar-refractivity contribution in [2.24, 2.45) is 0 Å². The van der Waals surface area contributed by atoms with Crippen molar-refractivity contribution in [3.05, 3.63) is 36.4 Å². The molecule has 0 amide bonds. The third kappa shape index (κ3) is 4.54. The molecule has 0 heterocycles. The van der Waals surface area contributed by atoms with Gasteiger partial charge >= 0.3 is 23.1 Å². The van der Waals surface area contributed by atoms with Gasteiger partial charge in [-0.3, -0.25) is 0 Å². The number of halogens is 1. The monoisotopic (exact) mass is 392 g/mol. The molecule has 0 radical (unpaired) electrons. The van der Waals surface area contributed by atoms with Gasteiger partial charge in [-0.25, -0.2) is 0 Å². The molecule has 8 heteroatoms. The fourth-order valence-corrected chi connectivity index (χ4v) is 5.11. The predicted molar refractivity (Wildman–Crippen MR) is 95.7 cm³/mol. The van der Waals surface area contributed by atoms with Gasteiger partial charge in [0.05, 0.1) is 28.4 Å². The second-order valence-corrected chi connectivity index (χ2v) is 8.26. The average molecular weight is 393 g/mol. The van der Waals surface area contributed by atoms with Crippen LogP contribution in [-0.4, -0.2) is 59.8 Å². The summed E-state index contributed by atoms with van der Waals surface area (Å²) in [7, 11) is 2.84. The molecule has 2 rings (SSSR count). The van der Waals surface area contributed by atoms with E-state index >= 15 is 0 Å². The summed E-state index contributed by atoms with van der Waals surface area (Å²) in [5, 5.41) is 1.21. The maximum atomic E-state index is 13.7. The van der Waals surface area contributed by atoms with E-state index < -0.39 is 8.32 Å². The van der Waals surface area contributed by atoms with Crippen LogP contribution in [-0.2, 0) is 0 Å². The Morgan fingerprint density at radius 1 is 0.720 bits per heavy atom. The number of hydrogen-bond acceptors (Lipinski definition) is 5. The van der Waals surface area contributed by atoms with Crippen LogP contribution in [0.25, 0.3) is 0 Å². The van der Waals surface area contributed by atoms with Crippen molar-refractivity contribution >= 4 is 41.7 Å². The zero-order valence-corrected chi connectivity index (χ0v) is 18.3. The van der Waals surface area contributed by atoms with E-state index in [1.54, 1.807) is 57.2 Å². The molecule has 0 spiro atoms. The molecule has 0 fully saturated rings. The van der Waals surface area contributed by atoms with E-state index in [9.17, 15) is 4.80 Å². The van der Waals surface area contributed by atoms with Crippen molar-refractivity contribution in [2.75, 3.05) is 28.4 Å². The third-order valence-electron chi connectivity index (χ3n) is 3.83. The molecule has 2 aromatic rings. The number of benzene rings is 2. The van der Waals surface area contributed by atoms with Gasteiger partial charge < -0.3 is 36.2 Å². The zero-order chi connectivity index (χ0) is 17.0. The van der Waals surface area contributed by atoms with Crippen LogP contribution in [0.1, 0.15) is 0 Å². The first-order valence-electron chi connectivity index (χ1n) is 7.14. The van der Waals surface area contributed by atoms with Crippen molar-refractivity contribution in [3.63, 3.8) is 0 Å². The fourth-order valence-electron chi connectivity index (χ4n) is 2.67. The van der Waals surface area contributed by atoms with Crippen molar-refractivity contribution in [2.45, 2.75) is 6.55 Å². The third-order valence-corrected chi connectivity index (χ3v) is 6.68. The van der Waals surface area contributed by atoms with Crippen LogP contribution in [0, 0.1) is 0 Å². The smallest absolute Gasteiger partial charge is 1.00 e. The minimum absolute atomic E-state index is 0. The number of ether oxygens (including phenoxy) is 4. The molecule has 0 bridgehead atoms. The van der Waals surface area contributed by atoms with E-state index in [2.05, 4.69) is 0 Å². The molecule has 0 aromatic heterocycles. The maximum absolute atomic E-state index is 13.7. The van der Waals surface area contributed by atoms with Crippen LogP contribution in [0.4, 0.5) is 0 Å². The summed E-state index contributed by atoms with van der Waals surface area (Å²) in [5.41, 5.74) is 0. The molecule has 0 aliphatic rings. The first-order chi connectivity index (χ1) is 11.0. The second kappa shape index (κ2) is 10.1. The number of methoxy groups -OCH3 is 4. The SMILES string of the molecule is COc1cccc([Si](C)([O-])c2cccc(OC)c2OC)c1OC.[Cl-].[Mg+2]. The van der Waals surface area contributed by atoms with Gasteiger partial charge in [0, 0.05) is 8.32 Å². The van der Waals surface area contributed by atoms with Crippen molar-refractivity contribution in [1.29, 1.82) is 0 Å². The molecule has 0 aliphatic carbocycles. The standard InChI is InChI=1S/C17H21O5Si.ClH.Mg/c1-19-12-8-6-10-14(16(12)21-3)23(5,18)15-11-7-9-13(20-2)17(15)22-4;;/h6-11H,1-5H3;1H;/q-1;;+2/p-1. The molecule has 2 aromatic carbocycles. The molecule has 5 nitrogen and oxygen atoms in total. The Hall–Kier alpha value is -1.13. The van der Waals surface area contributed by atoms with E-state index in [1.807, 2.05) is 0 Å². The summed E-state index contributed by atoms with van der Waals surface area (Å²) in [6.45, 7) is 1.71. The largest absolute Gasteiger partial charge is 2.00 e. The van der Waals surface area contributed by atoms with Crippen molar-refractivity contribution in [1.82, 2.24) is 0 Å². The Kier molecular flexibility index (Phi) is 9.67. The molecule has 0 atom stereocenters. The summed E-state index contributed by atoms with van der Waals surface area (Å²) in [6, 6.07) is 10.7.